The quantitative estimate of drug-likeness (QED) is 0.231. The molecule has 2 heterocycles. The fourth-order valence-corrected chi connectivity index (χ4v) is 5.71. The van der Waals surface area contributed by atoms with Crippen LogP contribution >= 0.6 is 22.9 Å². The van der Waals surface area contributed by atoms with E-state index in [-0.39, 0.29) is 32.0 Å². The number of fused-ring (bicyclic) bond motifs is 1. The topological polar surface area (TPSA) is 144 Å². The highest BCUT2D eigenvalue weighted by molar-refractivity contribution is 7.91. The third-order valence-corrected chi connectivity index (χ3v) is 7.51. The highest BCUT2D eigenvalue weighted by Crippen LogP contribution is 2.34. The van der Waals surface area contributed by atoms with Crippen LogP contribution in [-0.4, -0.2) is 35.2 Å². The van der Waals surface area contributed by atoms with Gasteiger partial charge in [0.2, 0.25) is 9.84 Å². The lowest BCUT2D eigenvalue weighted by Gasteiger charge is -2.11. The monoisotopic (exact) mass is 504 g/mol. The largest absolute Gasteiger partial charge is 0.433 e. The summed E-state index contributed by atoms with van der Waals surface area (Å²) in [5.41, 5.74) is -0.586. The van der Waals surface area contributed by atoms with E-state index in [1.807, 2.05) is 0 Å². The lowest BCUT2D eigenvalue weighted by molar-refractivity contribution is -0.384. The molecule has 168 valence electrons. The summed E-state index contributed by atoms with van der Waals surface area (Å²) in [4.78, 5) is 23.4. The van der Waals surface area contributed by atoms with Gasteiger partial charge in [-0.3, -0.25) is 14.9 Å². The number of sulfone groups is 1. The van der Waals surface area contributed by atoms with Crippen LogP contribution < -0.4 is 10.8 Å². The van der Waals surface area contributed by atoms with Crippen molar-refractivity contribution in [1.82, 2.24) is 9.78 Å². The lowest BCUT2D eigenvalue weighted by atomic mass is 9.89. The number of rotatable bonds is 6. The highest BCUT2D eigenvalue weighted by Gasteiger charge is 2.28. The van der Waals surface area contributed by atoms with Crippen LogP contribution in [0.4, 0.5) is 10.7 Å². The SMILES string of the molecule is CB(O)Nc1scc2c(S(=O)(=O)c3ccc([N+](=O)[O-])cc3)nn(-c3ccc(Cl)cc3)c(=O)c12. The molecule has 4 aromatic rings. The number of benzene rings is 2. The molecule has 0 spiro atoms. The van der Waals surface area contributed by atoms with Crippen LogP contribution in [0.2, 0.25) is 11.8 Å². The molecule has 0 aliphatic carbocycles. The standard InChI is InChI=1S/C19H14BClN4O6S2/c1-20(27)22-17-16-15(10-32-17)18(23-24(19(16)26)12-4-2-11(21)3-5-12)33(30,31)14-8-6-13(7-9-14)25(28)29/h2-10,22,27H,1H3. The average molecular weight is 505 g/mol. The first kappa shape index (κ1) is 22.9. The zero-order chi connectivity index (χ0) is 23.9. The van der Waals surface area contributed by atoms with E-state index < -0.39 is 32.4 Å². The Balaban J connectivity index is 2.02. The van der Waals surface area contributed by atoms with Gasteiger partial charge < -0.3 is 10.3 Å². The molecule has 2 N–H and O–H groups in total. The number of halogens is 1. The van der Waals surface area contributed by atoms with Gasteiger partial charge in [0.1, 0.15) is 0 Å². The summed E-state index contributed by atoms with van der Waals surface area (Å²) in [6.07, 6.45) is 0. The summed E-state index contributed by atoms with van der Waals surface area (Å²) in [5, 5.41) is 29.4. The number of hydrogen-bond acceptors (Lipinski definition) is 9. The first-order chi connectivity index (χ1) is 15.6. The molecule has 0 bridgehead atoms. The van der Waals surface area contributed by atoms with Gasteiger partial charge in [-0.15, -0.1) is 11.3 Å². The fraction of sp³-hybridized carbons (Fsp3) is 0.0526. The van der Waals surface area contributed by atoms with Gasteiger partial charge in [-0.1, -0.05) is 11.6 Å². The average Bonchev–Trinajstić information content (AvgIpc) is 3.18. The normalized spacial score (nSPS) is 11.5. The number of aromatic nitrogens is 2. The Labute approximate surface area is 196 Å². The van der Waals surface area contributed by atoms with Crippen molar-refractivity contribution in [2.45, 2.75) is 16.7 Å². The van der Waals surface area contributed by atoms with E-state index in [2.05, 4.69) is 10.3 Å². The summed E-state index contributed by atoms with van der Waals surface area (Å²) in [5.74, 6) is 0. The van der Waals surface area contributed by atoms with Crippen LogP contribution in [0, 0.1) is 10.1 Å². The van der Waals surface area contributed by atoms with Gasteiger partial charge in [-0.25, -0.2) is 8.42 Å². The van der Waals surface area contributed by atoms with Crippen molar-refractivity contribution in [3.63, 3.8) is 0 Å². The molecule has 33 heavy (non-hydrogen) atoms. The third-order valence-electron chi connectivity index (χ3n) is 4.64. The van der Waals surface area contributed by atoms with Crippen molar-refractivity contribution in [1.29, 1.82) is 0 Å². The van der Waals surface area contributed by atoms with Gasteiger partial charge in [0, 0.05) is 27.9 Å². The molecule has 0 amide bonds. The summed E-state index contributed by atoms with van der Waals surface area (Å²) in [6, 6.07) is 10.5. The first-order valence-corrected chi connectivity index (χ1v) is 12.1. The number of nitro benzene ring substituents is 1. The Morgan fingerprint density at radius 3 is 2.39 bits per heavy atom. The number of anilines is 1. The number of non-ortho nitro benzene ring substituents is 1. The number of nitrogens with zero attached hydrogens (tertiary/aromatic N) is 3. The molecule has 0 fully saturated rings. The van der Waals surface area contributed by atoms with Gasteiger partial charge in [-0.05, 0) is 43.2 Å². The molecular formula is C19H14BClN4O6S2. The minimum atomic E-state index is -4.28. The van der Waals surface area contributed by atoms with E-state index in [1.165, 1.54) is 36.5 Å². The van der Waals surface area contributed by atoms with Crippen molar-refractivity contribution in [3.05, 3.63) is 79.4 Å². The minimum Gasteiger partial charge on any atom is -0.433 e. The van der Waals surface area contributed by atoms with Crippen LogP contribution in [0.3, 0.4) is 0 Å². The predicted octanol–water partition coefficient (Wildman–Crippen LogP) is 3.36. The first-order valence-electron chi connectivity index (χ1n) is 9.34. The molecule has 0 atom stereocenters. The molecule has 0 aliphatic rings. The van der Waals surface area contributed by atoms with E-state index in [0.717, 1.165) is 40.3 Å². The summed E-state index contributed by atoms with van der Waals surface area (Å²) in [7, 11) is -5.28. The second-order valence-electron chi connectivity index (χ2n) is 6.93. The van der Waals surface area contributed by atoms with Gasteiger partial charge in [0.05, 0.1) is 25.9 Å². The number of hydrogen-bond donors (Lipinski definition) is 2. The van der Waals surface area contributed by atoms with Crippen molar-refractivity contribution in [3.8, 4) is 5.69 Å². The molecule has 2 aromatic carbocycles. The zero-order valence-electron chi connectivity index (χ0n) is 16.8. The van der Waals surface area contributed by atoms with Crippen LogP contribution in [-0.2, 0) is 9.84 Å². The molecule has 0 saturated carbocycles. The van der Waals surface area contributed by atoms with Crippen molar-refractivity contribution >= 4 is 61.3 Å². The van der Waals surface area contributed by atoms with E-state index >= 15 is 0 Å². The smallest absolute Gasteiger partial charge is 0.407 e. The second-order valence-corrected chi connectivity index (χ2v) is 10.1. The van der Waals surface area contributed by atoms with Crippen LogP contribution in [0.25, 0.3) is 16.5 Å². The molecule has 10 nitrogen and oxygen atoms in total. The Morgan fingerprint density at radius 1 is 1.18 bits per heavy atom. The Bertz CT molecular complexity index is 1530. The fourth-order valence-electron chi connectivity index (χ4n) is 3.13. The van der Waals surface area contributed by atoms with Crippen LogP contribution in [0.1, 0.15) is 0 Å². The Hall–Kier alpha value is -3.26. The van der Waals surface area contributed by atoms with Crippen LogP contribution in [0.15, 0.2) is 68.6 Å². The zero-order valence-corrected chi connectivity index (χ0v) is 19.2. The predicted molar refractivity (Wildman–Crippen MR) is 126 cm³/mol. The molecule has 0 aliphatic heterocycles. The summed E-state index contributed by atoms with van der Waals surface area (Å²) < 4.78 is 27.9. The molecular weight excluding hydrogens is 491 g/mol. The molecule has 4 rings (SSSR count). The van der Waals surface area contributed by atoms with Gasteiger partial charge >= 0.3 is 7.05 Å². The van der Waals surface area contributed by atoms with Crippen molar-refractivity contribution in [2.24, 2.45) is 0 Å². The molecule has 0 radical (unpaired) electrons. The molecule has 0 saturated heterocycles. The van der Waals surface area contributed by atoms with Gasteiger partial charge in [0.25, 0.3) is 11.2 Å². The van der Waals surface area contributed by atoms with Gasteiger partial charge in [0.15, 0.2) is 5.03 Å². The van der Waals surface area contributed by atoms with Crippen molar-refractivity contribution in [2.75, 3.05) is 5.23 Å². The third kappa shape index (κ3) is 4.23. The van der Waals surface area contributed by atoms with Crippen LogP contribution in [0.5, 0.6) is 0 Å². The maximum absolute atomic E-state index is 13.5. The van der Waals surface area contributed by atoms with E-state index in [9.17, 15) is 28.4 Å². The summed E-state index contributed by atoms with van der Waals surface area (Å²) in [6.45, 7) is 1.46. The lowest BCUT2D eigenvalue weighted by Crippen LogP contribution is -2.26. The summed E-state index contributed by atoms with van der Waals surface area (Å²) >= 11 is 6.97. The number of thiophene rings is 1. The van der Waals surface area contributed by atoms with Crippen molar-refractivity contribution < 1.29 is 18.4 Å². The molecule has 0 unspecified atom stereocenters. The maximum Gasteiger partial charge on any atom is 0.407 e. The van der Waals surface area contributed by atoms with E-state index in [4.69, 9.17) is 11.6 Å². The van der Waals surface area contributed by atoms with E-state index in [0.29, 0.717) is 5.02 Å². The number of nitrogens with one attached hydrogen (secondary N) is 1. The second kappa shape index (κ2) is 8.59. The molecule has 14 heteroatoms. The van der Waals surface area contributed by atoms with E-state index in [1.54, 1.807) is 0 Å². The van der Waals surface area contributed by atoms with Gasteiger partial charge in [-0.2, -0.15) is 9.78 Å². The Morgan fingerprint density at radius 2 is 1.82 bits per heavy atom. The molecule has 2 aromatic heterocycles. The highest BCUT2D eigenvalue weighted by atomic mass is 35.5. The maximum atomic E-state index is 13.5. The minimum absolute atomic E-state index is 0.0336. The number of nitro groups is 1. The Kier molecular flexibility index (Phi) is 5.97.